The lowest BCUT2D eigenvalue weighted by Gasteiger charge is -2.26. The molecule has 0 saturated heterocycles. The van der Waals surface area contributed by atoms with Gasteiger partial charge < -0.3 is 15.4 Å². The highest BCUT2D eigenvalue weighted by molar-refractivity contribution is 6.14. The van der Waals surface area contributed by atoms with Gasteiger partial charge in [-0.25, -0.2) is 9.98 Å². The summed E-state index contributed by atoms with van der Waals surface area (Å²) in [6.45, 7) is 0. The lowest BCUT2D eigenvalue weighted by Crippen LogP contribution is -2.44. The third-order valence-corrected chi connectivity index (χ3v) is 4.51. The van der Waals surface area contributed by atoms with Crippen LogP contribution < -0.4 is 10.6 Å². The van der Waals surface area contributed by atoms with Crippen molar-refractivity contribution in [1.82, 2.24) is 20.6 Å². The minimum Gasteiger partial charge on any atom is -0.393 e. The summed E-state index contributed by atoms with van der Waals surface area (Å²) in [4.78, 5) is 23.8. The topological polar surface area (TPSA) is 102 Å². The van der Waals surface area contributed by atoms with Crippen LogP contribution in [-0.2, 0) is 4.79 Å². The van der Waals surface area contributed by atoms with E-state index in [2.05, 4.69) is 25.6 Å². The van der Waals surface area contributed by atoms with Gasteiger partial charge in [-0.15, -0.1) is 0 Å². The predicted octanol–water partition coefficient (Wildman–Crippen LogP) is 1.28. The fourth-order valence-electron chi connectivity index (χ4n) is 3.19. The molecule has 0 bridgehead atoms. The second kappa shape index (κ2) is 6.09. The zero-order valence-electron chi connectivity index (χ0n) is 13.1. The molecule has 3 heterocycles. The van der Waals surface area contributed by atoms with Gasteiger partial charge in [-0.3, -0.25) is 10.1 Å². The number of hydrogen-bond acceptors (Lipinski definition) is 5. The Morgan fingerprint density at radius 2 is 2.12 bits per heavy atom. The second-order valence-electron chi connectivity index (χ2n) is 6.24. The maximum atomic E-state index is 12.1. The summed E-state index contributed by atoms with van der Waals surface area (Å²) in [5, 5.41) is 16.5. The Kier molecular flexibility index (Phi) is 3.78. The molecule has 1 saturated carbocycles. The summed E-state index contributed by atoms with van der Waals surface area (Å²) in [6, 6.07) is 4.05. The van der Waals surface area contributed by atoms with Crippen LogP contribution in [0.2, 0.25) is 0 Å². The molecule has 7 heteroatoms. The van der Waals surface area contributed by atoms with Gasteiger partial charge in [-0.05, 0) is 43.9 Å². The van der Waals surface area contributed by atoms with Crippen LogP contribution in [0.4, 0.5) is 0 Å². The molecule has 0 unspecified atom stereocenters. The minimum atomic E-state index is -0.216. The zero-order valence-corrected chi connectivity index (χ0v) is 13.1. The Morgan fingerprint density at radius 1 is 1.29 bits per heavy atom. The smallest absolute Gasteiger partial charge is 0.276 e. The second-order valence-corrected chi connectivity index (χ2v) is 6.24. The van der Waals surface area contributed by atoms with Gasteiger partial charge in [0.2, 0.25) is 5.96 Å². The van der Waals surface area contributed by atoms with E-state index in [-0.39, 0.29) is 18.1 Å². The lowest BCUT2D eigenvalue weighted by molar-refractivity contribution is -0.115. The van der Waals surface area contributed by atoms with E-state index in [1.807, 2.05) is 18.3 Å². The number of pyridine rings is 1. The maximum Gasteiger partial charge on any atom is 0.276 e. The van der Waals surface area contributed by atoms with Crippen LogP contribution in [0, 0.1) is 0 Å². The molecule has 0 atom stereocenters. The highest BCUT2D eigenvalue weighted by Gasteiger charge is 2.25. The minimum absolute atomic E-state index is 0.200. The summed E-state index contributed by atoms with van der Waals surface area (Å²) in [6.07, 6.45) is 8.42. The monoisotopic (exact) mass is 325 g/mol. The van der Waals surface area contributed by atoms with Crippen LogP contribution in [-0.4, -0.2) is 39.1 Å². The maximum absolute atomic E-state index is 12.1. The van der Waals surface area contributed by atoms with Crippen LogP contribution in [0.3, 0.4) is 0 Å². The molecule has 1 aliphatic carbocycles. The SMILES string of the molecule is O=C1NC(NC2CCC(O)CC2)=N/C1=C\c1c[nH]c2ncccc12. The molecule has 1 aliphatic heterocycles. The number of aliphatic hydroxyl groups is 1. The van der Waals surface area contributed by atoms with Crippen LogP contribution in [0.5, 0.6) is 0 Å². The number of carbonyl (C=O) groups is 1. The molecule has 1 fully saturated rings. The highest BCUT2D eigenvalue weighted by atomic mass is 16.3. The summed E-state index contributed by atoms with van der Waals surface area (Å²) in [5.74, 6) is 0.275. The van der Waals surface area contributed by atoms with Crippen LogP contribution in [0.1, 0.15) is 31.2 Å². The Hall–Kier alpha value is -2.67. The number of H-pyrrole nitrogens is 1. The van der Waals surface area contributed by atoms with E-state index in [9.17, 15) is 9.90 Å². The van der Waals surface area contributed by atoms with Gasteiger partial charge in [0.1, 0.15) is 11.3 Å². The molecular formula is C17H19N5O2. The fraction of sp³-hybridized carbons (Fsp3) is 0.353. The molecule has 4 N–H and O–H groups in total. The average Bonchev–Trinajstić information content (AvgIpc) is 3.14. The van der Waals surface area contributed by atoms with E-state index in [0.717, 1.165) is 42.3 Å². The lowest BCUT2D eigenvalue weighted by atomic mass is 9.93. The van der Waals surface area contributed by atoms with Crippen LogP contribution >= 0.6 is 0 Å². The third-order valence-electron chi connectivity index (χ3n) is 4.51. The van der Waals surface area contributed by atoms with Crippen molar-refractivity contribution >= 4 is 29.0 Å². The first-order valence-electron chi connectivity index (χ1n) is 8.17. The molecule has 0 radical (unpaired) electrons. The van der Waals surface area contributed by atoms with E-state index in [4.69, 9.17) is 0 Å². The average molecular weight is 325 g/mol. The standard InChI is InChI=1S/C17H19N5O2/c23-12-5-3-11(4-6-12)20-17-21-14(16(24)22-17)8-10-9-19-15-13(10)2-1-7-18-15/h1-2,7-9,11-12,23H,3-6H2,(H,18,19)(H2,20,21,22,24)/b14-8-. The number of rotatable bonds is 2. The van der Waals surface area contributed by atoms with Crippen molar-refractivity contribution in [2.45, 2.75) is 37.8 Å². The number of aromatic amines is 1. The largest absolute Gasteiger partial charge is 0.393 e. The zero-order chi connectivity index (χ0) is 16.5. The van der Waals surface area contributed by atoms with Crippen molar-refractivity contribution in [3.8, 4) is 0 Å². The summed E-state index contributed by atoms with van der Waals surface area (Å²) >= 11 is 0. The number of amides is 1. The van der Waals surface area contributed by atoms with E-state index < -0.39 is 0 Å². The van der Waals surface area contributed by atoms with Gasteiger partial charge in [0, 0.05) is 29.4 Å². The number of hydrogen-bond donors (Lipinski definition) is 4. The van der Waals surface area contributed by atoms with Gasteiger partial charge in [-0.1, -0.05) is 0 Å². The predicted molar refractivity (Wildman–Crippen MR) is 91.0 cm³/mol. The number of aliphatic imine (C=N–C) groups is 1. The molecule has 2 aromatic rings. The summed E-state index contributed by atoms with van der Waals surface area (Å²) in [7, 11) is 0. The van der Waals surface area contributed by atoms with E-state index in [1.54, 1.807) is 12.3 Å². The van der Waals surface area contributed by atoms with Crippen molar-refractivity contribution in [3.05, 3.63) is 35.8 Å². The molecule has 4 rings (SSSR count). The number of fused-ring (bicyclic) bond motifs is 1. The molecule has 2 aliphatic rings. The Labute approximate surface area is 138 Å². The third kappa shape index (κ3) is 2.90. The van der Waals surface area contributed by atoms with Gasteiger partial charge >= 0.3 is 0 Å². The van der Waals surface area contributed by atoms with Crippen molar-refractivity contribution < 1.29 is 9.90 Å². The Bertz CT molecular complexity index is 830. The van der Waals surface area contributed by atoms with Gasteiger partial charge in [0.15, 0.2) is 0 Å². The first kappa shape index (κ1) is 14.9. The molecule has 24 heavy (non-hydrogen) atoms. The van der Waals surface area contributed by atoms with Crippen molar-refractivity contribution in [1.29, 1.82) is 0 Å². The van der Waals surface area contributed by atoms with E-state index >= 15 is 0 Å². The van der Waals surface area contributed by atoms with Gasteiger partial charge in [0.05, 0.1) is 6.10 Å². The van der Waals surface area contributed by atoms with Crippen molar-refractivity contribution in [3.63, 3.8) is 0 Å². The summed E-state index contributed by atoms with van der Waals surface area (Å²) in [5.41, 5.74) is 2.04. The van der Waals surface area contributed by atoms with Crippen molar-refractivity contribution in [2.75, 3.05) is 0 Å². The number of guanidine groups is 1. The van der Waals surface area contributed by atoms with Crippen molar-refractivity contribution in [2.24, 2.45) is 4.99 Å². The Morgan fingerprint density at radius 3 is 2.96 bits per heavy atom. The number of nitrogens with zero attached hydrogens (tertiary/aromatic N) is 2. The molecular weight excluding hydrogens is 306 g/mol. The number of aliphatic hydroxyl groups excluding tert-OH is 1. The van der Waals surface area contributed by atoms with Gasteiger partial charge in [0.25, 0.3) is 5.91 Å². The highest BCUT2D eigenvalue weighted by Crippen LogP contribution is 2.21. The normalized spacial score (nSPS) is 25.8. The van der Waals surface area contributed by atoms with Crippen LogP contribution in [0.25, 0.3) is 17.1 Å². The van der Waals surface area contributed by atoms with Gasteiger partial charge in [-0.2, -0.15) is 0 Å². The quantitative estimate of drug-likeness (QED) is 0.625. The van der Waals surface area contributed by atoms with E-state index in [0.29, 0.717) is 11.7 Å². The molecule has 1 amide bonds. The first-order chi connectivity index (χ1) is 11.7. The Balaban J connectivity index is 1.53. The molecule has 124 valence electrons. The fourth-order valence-corrected chi connectivity index (χ4v) is 3.19. The first-order valence-corrected chi connectivity index (χ1v) is 8.17. The van der Waals surface area contributed by atoms with Crippen LogP contribution in [0.15, 0.2) is 35.2 Å². The molecule has 0 spiro atoms. The summed E-state index contributed by atoms with van der Waals surface area (Å²) < 4.78 is 0. The number of nitrogens with one attached hydrogen (secondary N) is 3. The molecule has 7 nitrogen and oxygen atoms in total. The van der Waals surface area contributed by atoms with E-state index in [1.165, 1.54) is 0 Å². The molecule has 0 aromatic carbocycles. The molecule has 2 aromatic heterocycles. The number of aromatic nitrogens is 2. The number of carbonyl (C=O) groups excluding carboxylic acids is 1.